The van der Waals surface area contributed by atoms with E-state index in [-0.39, 0.29) is 22.6 Å². The van der Waals surface area contributed by atoms with Crippen molar-refractivity contribution >= 4 is 22.6 Å². The third kappa shape index (κ3) is 3.50. The third-order valence-electron chi connectivity index (χ3n) is 8.45. The number of rotatable bonds is 4. The average molecular weight is 473 g/mol. The molecule has 180 valence electrons. The Morgan fingerprint density at radius 1 is 0.971 bits per heavy atom. The highest BCUT2D eigenvalue weighted by Gasteiger charge is 2.61. The monoisotopic (exact) mass is 472 g/mol. The molecule has 1 heterocycles. The molecule has 4 fully saturated rings. The smallest absolute Gasteiger partial charge is 0.290 e. The zero-order valence-corrected chi connectivity index (χ0v) is 19.6. The molecule has 4 aliphatic rings. The molecule has 8 heteroatoms. The average Bonchev–Trinajstić information content (AvgIpc) is 2.87. The number of benzene rings is 2. The van der Waals surface area contributed by atoms with Crippen LogP contribution < -0.4 is 21.1 Å². The summed E-state index contributed by atoms with van der Waals surface area (Å²) in [5.41, 5.74) is 5.74. The highest BCUT2D eigenvalue weighted by molar-refractivity contribution is 6.05. The largest absolute Gasteiger partial charge is 0.497 e. The molecule has 0 aliphatic heterocycles. The van der Waals surface area contributed by atoms with Gasteiger partial charge in [-0.1, -0.05) is 30.3 Å². The Morgan fingerprint density at radius 3 is 2.34 bits per heavy atom. The van der Waals surface area contributed by atoms with E-state index in [1.54, 1.807) is 31.4 Å². The Morgan fingerprint density at radius 2 is 1.66 bits per heavy atom. The third-order valence-corrected chi connectivity index (χ3v) is 8.45. The van der Waals surface area contributed by atoms with E-state index in [1.165, 1.54) is 12.0 Å². The molecule has 4 bridgehead atoms. The molecule has 8 nitrogen and oxygen atoms in total. The molecule has 2 aromatic carbocycles. The lowest BCUT2D eigenvalue weighted by molar-refractivity contribution is -0.149. The van der Waals surface area contributed by atoms with Gasteiger partial charge in [-0.3, -0.25) is 25.2 Å². The second kappa shape index (κ2) is 7.93. The van der Waals surface area contributed by atoms with Gasteiger partial charge in [-0.25, -0.2) is 5.10 Å². The van der Waals surface area contributed by atoms with Gasteiger partial charge in [0.15, 0.2) is 5.69 Å². The zero-order chi connectivity index (χ0) is 24.2. The summed E-state index contributed by atoms with van der Waals surface area (Å²) in [4.78, 5) is 38.6. The molecular formula is C27H28N4O4. The van der Waals surface area contributed by atoms with E-state index in [0.29, 0.717) is 22.6 Å². The van der Waals surface area contributed by atoms with Gasteiger partial charge in [0.25, 0.3) is 11.5 Å². The van der Waals surface area contributed by atoms with Gasteiger partial charge in [0, 0.05) is 5.39 Å². The molecule has 3 N–H and O–H groups in total. The molecule has 1 aromatic heterocycles. The first-order valence-corrected chi connectivity index (χ1v) is 12.1. The van der Waals surface area contributed by atoms with Crippen LogP contribution in [0.25, 0.3) is 10.8 Å². The summed E-state index contributed by atoms with van der Waals surface area (Å²) in [6.45, 7) is 0. The molecule has 4 aliphatic carbocycles. The highest BCUT2D eigenvalue weighted by atomic mass is 16.5. The van der Waals surface area contributed by atoms with Crippen LogP contribution in [0.5, 0.6) is 5.75 Å². The number of hydrogen-bond acceptors (Lipinski definition) is 5. The van der Waals surface area contributed by atoms with E-state index in [9.17, 15) is 14.4 Å². The Balaban J connectivity index is 1.23. The predicted molar refractivity (Wildman–Crippen MR) is 130 cm³/mol. The number of ether oxygens (including phenoxy) is 1. The normalized spacial score (nSPS) is 28.6. The maximum Gasteiger partial charge on any atom is 0.290 e. The molecule has 2 unspecified atom stereocenters. The lowest BCUT2D eigenvalue weighted by atomic mass is 9.42. The van der Waals surface area contributed by atoms with Gasteiger partial charge < -0.3 is 4.74 Å². The number of hydrogen-bond donors (Lipinski definition) is 3. The molecule has 2 atom stereocenters. The fourth-order valence-corrected chi connectivity index (χ4v) is 7.40. The summed E-state index contributed by atoms with van der Waals surface area (Å²) in [6, 6.07) is 15.1. The van der Waals surface area contributed by atoms with Gasteiger partial charge in [0.2, 0.25) is 5.91 Å². The van der Waals surface area contributed by atoms with Gasteiger partial charge >= 0.3 is 0 Å². The number of aromatic amines is 1. The van der Waals surface area contributed by atoms with E-state index in [4.69, 9.17) is 4.74 Å². The highest BCUT2D eigenvalue weighted by Crippen LogP contribution is 2.65. The Hall–Kier alpha value is -3.68. The number of fused-ring (bicyclic) bond motifs is 1. The number of methoxy groups -OCH3 is 1. The molecule has 3 aromatic rings. The van der Waals surface area contributed by atoms with Crippen molar-refractivity contribution < 1.29 is 14.3 Å². The summed E-state index contributed by atoms with van der Waals surface area (Å²) in [5.74, 6) is 1.15. The molecule has 4 saturated carbocycles. The van der Waals surface area contributed by atoms with Crippen LogP contribution in [0.3, 0.4) is 0 Å². The van der Waals surface area contributed by atoms with Crippen LogP contribution >= 0.6 is 0 Å². The minimum Gasteiger partial charge on any atom is -0.497 e. The summed E-state index contributed by atoms with van der Waals surface area (Å²) >= 11 is 0. The maximum absolute atomic E-state index is 13.6. The summed E-state index contributed by atoms with van der Waals surface area (Å²) in [5, 5.41) is 7.11. The van der Waals surface area contributed by atoms with Crippen molar-refractivity contribution in [2.75, 3.05) is 7.11 Å². The van der Waals surface area contributed by atoms with Crippen molar-refractivity contribution in [3.63, 3.8) is 0 Å². The van der Waals surface area contributed by atoms with Crippen molar-refractivity contribution in [1.82, 2.24) is 21.0 Å². The number of hydrazine groups is 1. The molecule has 0 saturated heterocycles. The molecule has 7 rings (SSSR count). The number of nitrogens with zero attached hydrogens (tertiary/aromatic N) is 1. The maximum atomic E-state index is 13.6. The van der Waals surface area contributed by atoms with Gasteiger partial charge in [-0.2, -0.15) is 5.10 Å². The SMILES string of the molecule is COc1ccc(C23CC4CC(CC(C(=O)NNC(=O)c5n[nH]c(=O)c6ccccc56)(C4)C2)C3)cc1. The van der Waals surface area contributed by atoms with Crippen molar-refractivity contribution in [2.45, 2.75) is 43.9 Å². The first-order valence-electron chi connectivity index (χ1n) is 12.1. The lowest BCUT2D eigenvalue weighted by Gasteiger charge is -2.61. The van der Waals surface area contributed by atoms with Crippen LogP contribution in [-0.4, -0.2) is 29.1 Å². The fraction of sp³-hybridized carbons (Fsp3) is 0.407. The standard InChI is InChI=1S/C27H28N4O4/c1-35-19-8-6-18(7-9-19)26-11-16-10-17(12-26)14-27(13-16,15-26)25(34)31-30-24(33)22-20-4-2-3-5-21(20)23(32)29-28-22/h2-9,16-17H,10-15H2,1H3,(H,29,32)(H,30,33)(H,31,34). The Bertz CT molecular complexity index is 1370. The van der Waals surface area contributed by atoms with Gasteiger partial charge in [0.05, 0.1) is 17.9 Å². The van der Waals surface area contributed by atoms with E-state index in [1.807, 2.05) is 12.1 Å². The van der Waals surface area contributed by atoms with Crippen LogP contribution in [0.4, 0.5) is 0 Å². The number of aromatic nitrogens is 2. The lowest BCUT2D eigenvalue weighted by Crippen LogP contribution is -2.61. The second-order valence-electron chi connectivity index (χ2n) is 10.6. The number of carbonyl (C=O) groups is 2. The van der Waals surface area contributed by atoms with Gasteiger partial charge in [-0.15, -0.1) is 0 Å². The van der Waals surface area contributed by atoms with E-state index < -0.39 is 11.3 Å². The minimum absolute atomic E-state index is 0.0195. The van der Waals surface area contributed by atoms with Crippen LogP contribution in [0.15, 0.2) is 53.3 Å². The number of nitrogens with one attached hydrogen (secondary N) is 3. The number of amides is 2. The van der Waals surface area contributed by atoms with Crippen LogP contribution in [-0.2, 0) is 10.2 Å². The van der Waals surface area contributed by atoms with Crippen molar-refractivity contribution in [2.24, 2.45) is 17.3 Å². The van der Waals surface area contributed by atoms with Gasteiger partial charge in [-0.05, 0) is 79.5 Å². The van der Waals surface area contributed by atoms with Gasteiger partial charge in [0.1, 0.15) is 5.75 Å². The predicted octanol–water partition coefficient (Wildman–Crippen LogP) is 3.23. The van der Waals surface area contributed by atoms with Crippen LogP contribution in [0.1, 0.15) is 54.6 Å². The Kier molecular flexibility index (Phi) is 4.95. The van der Waals surface area contributed by atoms with E-state index in [0.717, 1.165) is 37.9 Å². The minimum atomic E-state index is -0.555. The van der Waals surface area contributed by atoms with E-state index in [2.05, 4.69) is 33.2 Å². The summed E-state index contributed by atoms with van der Waals surface area (Å²) in [6.07, 6.45) is 5.86. The van der Waals surface area contributed by atoms with E-state index >= 15 is 0 Å². The first kappa shape index (κ1) is 21.8. The molecule has 2 amide bonds. The van der Waals surface area contributed by atoms with Crippen molar-refractivity contribution in [1.29, 1.82) is 0 Å². The number of carbonyl (C=O) groups excluding carboxylic acids is 2. The summed E-state index contributed by atoms with van der Waals surface area (Å²) in [7, 11) is 1.67. The quantitative estimate of drug-likeness (QED) is 0.505. The Labute approximate surface area is 202 Å². The van der Waals surface area contributed by atoms with Crippen molar-refractivity contribution in [3.8, 4) is 5.75 Å². The zero-order valence-electron chi connectivity index (χ0n) is 19.6. The molecule has 0 spiro atoms. The second-order valence-corrected chi connectivity index (χ2v) is 10.6. The van der Waals surface area contributed by atoms with Crippen LogP contribution in [0, 0.1) is 17.3 Å². The molecule has 0 radical (unpaired) electrons. The number of H-pyrrole nitrogens is 1. The topological polar surface area (TPSA) is 113 Å². The van der Waals surface area contributed by atoms with Crippen molar-refractivity contribution in [3.05, 3.63) is 70.1 Å². The molecule has 35 heavy (non-hydrogen) atoms. The fourth-order valence-electron chi connectivity index (χ4n) is 7.40. The summed E-state index contributed by atoms with van der Waals surface area (Å²) < 4.78 is 5.34. The van der Waals surface area contributed by atoms with Crippen LogP contribution in [0.2, 0.25) is 0 Å². The molecular weight excluding hydrogens is 444 g/mol. The first-order chi connectivity index (χ1) is 16.9.